The van der Waals surface area contributed by atoms with Crippen molar-refractivity contribution in [3.05, 3.63) is 56.5 Å². The number of anilines is 1. The minimum Gasteiger partial charge on any atom is -0.279 e. The van der Waals surface area contributed by atoms with Gasteiger partial charge in [-0.15, -0.1) is 0 Å². The van der Waals surface area contributed by atoms with Crippen molar-refractivity contribution >= 4 is 47.6 Å². The molecule has 2 aromatic carbocycles. The summed E-state index contributed by atoms with van der Waals surface area (Å²) >= 11 is 6.77. The lowest BCUT2D eigenvalue weighted by molar-refractivity contribution is 0.601. The third-order valence-electron chi connectivity index (χ3n) is 3.13. The first-order chi connectivity index (χ1) is 9.83. The van der Waals surface area contributed by atoms with Crippen molar-refractivity contribution in [2.24, 2.45) is 0 Å². The Morgan fingerprint density at radius 3 is 2.43 bits per heavy atom. The van der Waals surface area contributed by atoms with Gasteiger partial charge in [0.15, 0.2) is 0 Å². The van der Waals surface area contributed by atoms with Gasteiger partial charge in [-0.2, -0.15) is 0 Å². The van der Waals surface area contributed by atoms with E-state index >= 15 is 0 Å². The van der Waals surface area contributed by atoms with Crippen LogP contribution in [-0.2, 0) is 16.4 Å². The second-order valence-corrected chi connectivity index (χ2v) is 8.12. The van der Waals surface area contributed by atoms with E-state index in [4.69, 9.17) is 0 Å². The summed E-state index contributed by atoms with van der Waals surface area (Å²) in [5.41, 5.74) is 2.44. The van der Waals surface area contributed by atoms with Gasteiger partial charge >= 0.3 is 0 Å². The molecule has 3 nitrogen and oxygen atoms in total. The number of rotatable bonds is 4. The van der Waals surface area contributed by atoms with Crippen molar-refractivity contribution in [1.82, 2.24) is 0 Å². The Balaban J connectivity index is 2.39. The topological polar surface area (TPSA) is 46.2 Å². The molecule has 0 aliphatic heterocycles. The van der Waals surface area contributed by atoms with E-state index < -0.39 is 10.0 Å². The van der Waals surface area contributed by atoms with Crippen LogP contribution in [0.1, 0.15) is 18.1 Å². The number of aryl methyl sites for hydroxylation is 2. The Labute approximate surface area is 142 Å². The fraction of sp³-hybridized carbons (Fsp3) is 0.200. The molecule has 0 unspecified atom stereocenters. The molecule has 6 heteroatoms. The number of nitrogens with one attached hydrogen (secondary N) is 1. The largest absolute Gasteiger partial charge is 0.279 e. The van der Waals surface area contributed by atoms with Gasteiger partial charge in [0.1, 0.15) is 0 Å². The highest BCUT2D eigenvalue weighted by molar-refractivity contribution is 9.10. The van der Waals surface area contributed by atoms with Crippen LogP contribution in [0.25, 0.3) is 0 Å². The molecule has 0 aromatic heterocycles. The SMILES string of the molecule is CCc1cc(Br)ccc1NS(=O)(=O)c1ccc(Br)c(C)c1. The first-order valence-electron chi connectivity index (χ1n) is 6.41. The van der Waals surface area contributed by atoms with Gasteiger partial charge in [0.25, 0.3) is 10.0 Å². The summed E-state index contributed by atoms with van der Waals surface area (Å²) in [5.74, 6) is 0. The van der Waals surface area contributed by atoms with Crippen LogP contribution in [0.15, 0.2) is 50.2 Å². The molecule has 0 atom stereocenters. The van der Waals surface area contributed by atoms with Crippen molar-refractivity contribution in [3.63, 3.8) is 0 Å². The number of sulfonamides is 1. The smallest absolute Gasteiger partial charge is 0.261 e. The molecule has 2 aromatic rings. The van der Waals surface area contributed by atoms with E-state index in [1.165, 1.54) is 0 Å². The molecule has 21 heavy (non-hydrogen) atoms. The number of halogens is 2. The van der Waals surface area contributed by atoms with Gasteiger partial charge in [-0.25, -0.2) is 8.42 Å². The molecule has 0 radical (unpaired) electrons. The highest BCUT2D eigenvalue weighted by Gasteiger charge is 2.16. The van der Waals surface area contributed by atoms with Crippen LogP contribution < -0.4 is 4.72 Å². The fourth-order valence-corrected chi connectivity index (χ4v) is 3.78. The lowest BCUT2D eigenvalue weighted by Crippen LogP contribution is -2.14. The standard InChI is InChI=1S/C15H15Br2NO2S/c1-3-11-9-12(16)4-7-15(11)18-21(19,20)13-5-6-14(17)10(2)8-13/h4-9,18H,3H2,1-2H3. The van der Waals surface area contributed by atoms with E-state index in [1.54, 1.807) is 24.3 Å². The first kappa shape index (κ1) is 16.5. The van der Waals surface area contributed by atoms with Gasteiger partial charge in [-0.05, 0) is 60.9 Å². The van der Waals surface area contributed by atoms with Crippen molar-refractivity contribution in [3.8, 4) is 0 Å². The van der Waals surface area contributed by atoms with Crippen LogP contribution >= 0.6 is 31.9 Å². The Kier molecular flexibility index (Phi) is 5.11. The monoisotopic (exact) mass is 431 g/mol. The molecular weight excluding hydrogens is 418 g/mol. The van der Waals surface area contributed by atoms with Crippen LogP contribution in [-0.4, -0.2) is 8.42 Å². The zero-order valence-corrected chi connectivity index (χ0v) is 15.6. The maximum Gasteiger partial charge on any atom is 0.261 e. The number of hydrogen-bond acceptors (Lipinski definition) is 2. The van der Waals surface area contributed by atoms with E-state index in [0.29, 0.717) is 5.69 Å². The Morgan fingerprint density at radius 2 is 1.81 bits per heavy atom. The average molecular weight is 433 g/mol. The molecular formula is C15H15Br2NO2S. The summed E-state index contributed by atoms with van der Waals surface area (Å²) in [6, 6.07) is 10.5. The minimum atomic E-state index is -3.58. The maximum atomic E-state index is 12.5. The first-order valence-corrected chi connectivity index (χ1v) is 9.48. The number of benzene rings is 2. The molecule has 0 aliphatic carbocycles. The van der Waals surface area contributed by atoms with Crippen LogP contribution in [0.5, 0.6) is 0 Å². The summed E-state index contributed by atoms with van der Waals surface area (Å²) in [5, 5.41) is 0. The molecule has 0 fully saturated rings. The summed E-state index contributed by atoms with van der Waals surface area (Å²) in [6.07, 6.45) is 0.747. The van der Waals surface area contributed by atoms with Crippen LogP contribution in [0.4, 0.5) is 5.69 Å². The van der Waals surface area contributed by atoms with Crippen molar-refractivity contribution in [2.45, 2.75) is 25.2 Å². The van der Waals surface area contributed by atoms with Crippen LogP contribution in [0, 0.1) is 6.92 Å². The molecule has 0 spiro atoms. The zero-order chi connectivity index (χ0) is 15.6. The Bertz CT molecular complexity index is 773. The number of hydrogen-bond donors (Lipinski definition) is 1. The van der Waals surface area contributed by atoms with Crippen molar-refractivity contribution in [2.75, 3.05) is 4.72 Å². The normalized spacial score (nSPS) is 11.4. The predicted octanol–water partition coefficient (Wildman–Crippen LogP) is 4.88. The van der Waals surface area contributed by atoms with Gasteiger partial charge in [0, 0.05) is 8.95 Å². The second-order valence-electron chi connectivity index (χ2n) is 4.67. The Morgan fingerprint density at radius 1 is 1.10 bits per heavy atom. The Hall–Kier alpha value is -0.850. The molecule has 1 N–H and O–H groups in total. The van der Waals surface area contributed by atoms with Crippen molar-refractivity contribution in [1.29, 1.82) is 0 Å². The third-order valence-corrected chi connectivity index (χ3v) is 5.88. The summed E-state index contributed by atoms with van der Waals surface area (Å²) < 4.78 is 29.4. The molecule has 0 saturated carbocycles. The minimum absolute atomic E-state index is 0.258. The second kappa shape index (κ2) is 6.50. The summed E-state index contributed by atoms with van der Waals surface area (Å²) in [6.45, 7) is 3.85. The van der Waals surface area contributed by atoms with Gasteiger partial charge in [0.05, 0.1) is 10.6 Å². The van der Waals surface area contributed by atoms with Gasteiger partial charge in [0.2, 0.25) is 0 Å². The lowest BCUT2D eigenvalue weighted by Gasteiger charge is -2.13. The fourth-order valence-electron chi connectivity index (χ4n) is 1.94. The molecule has 0 aliphatic rings. The summed E-state index contributed by atoms with van der Waals surface area (Å²) in [4.78, 5) is 0.258. The highest BCUT2D eigenvalue weighted by atomic mass is 79.9. The third kappa shape index (κ3) is 3.87. The van der Waals surface area contributed by atoms with E-state index in [0.717, 1.165) is 26.5 Å². The van der Waals surface area contributed by atoms with Gasteiger partial charge in [-0.3, -0.25) is 4.72 Å². The lowest BCUT2D eigenvalue weighted by atomic mass is 10.1. The molecule has 0 saturated heterocycles. The van der Waals surface area contributed by atoms with Crippen molar-refractivity contribution < 1.29 is 8.42 Å². The summed E-state index contributed by atoms with van der Waals surface area (Å²) in [7, 11) is -3.58. The highest BCUT2D eigenvalue weighted by Crippen LogP contribution is 2.26. The van der Waals surface area contributed by atoms with Crippen LogP contribution in [0.2, 0.25) is 0 Å². The average Bonchev–Trinajstić information content (AvgIpc) is 2.43. The molecule has 0 bridgehead atoms. The molecule has 0 amide bonds. The van der Waals surface area contributed by atoms with E-state index in [1.807, 2.05) is 26.0 Å². The van der Waals surface area contributed by atoms with Gasteiger partial charge < -0.3 is 0 Å². The zero-order valence-electron chi connectivity index (χ0n) is 11.7. The van der Waals surface area contributed by atoms with E-state index in [-0.39, 0.29) is 4.90 Å². The quantitative estimate of drug-likeness (QED) is 0.747. The molecule has 2 rings (SSSR count). The predicted molar refractivity (Wildman–Crippen MR) is 93.2 cm³/mol. The van der Waals surface area contributed by atoms with Gasteiger partial charge in [-0.1, -0.05) is 38.8 Å². The van der Waals surface area contributed by atoms with E-state index in [2.05, 4.69) is 36.6 Å². The van der Waals surface area contributed by atoms with E-state index in [9.17, 15) is 8.42 Å². The molecule has 0 heterocycles. The maximum absolute atomic E-state index is 12.5. The molecule has 112 valence electrons. The van der Waals surface area contributed by atoms with Crippen LogP contribution in [0.3, 0.4) is 0 Å².